The van der Waals surface area contributed by atoms with Crippen LogP contribution in [0.4, 0.5) is 0 Å². The van der Waals surface area contributed by atoms with E-state index in [0.717, 1.165) is 25.8 Å². The number of amides is 1. The summed E-state index contributed by atoms with van der Waals surface area (Å²) in [5.74, 6) is 0.473. The van der Waals surface area contributed by atoms with Gasteiger partial charge in [-0.3, -0.25) is 4.79 Å². The molecule has 2 aliphatic rings. The number of nitrogens with zero attached hydrogens (tertiary/aromatic N) is 1. The molecule has 1 aromatic carbocycles. The van der Waals surface area contributed by atoms with Crippen LogP contribution in [-0.2, 0) is 4.79 Å². The molecule has 2 heterocycles. The summed E-state index contributed by atoms with van der Waals surface area (Å²) in [5, 5.41) is 13.9. The molecular weight excluding hydrogens is 337 g/mol. The van der Waals surface area contributed by atoms with Gasteiger partial charge in [0.2, 0.25) is 5.91 Å². The van der Waals surface area contributed by atoms with Crippen molar-refractivity contribution in [3.8, 4) is 5.75 Å². The molecule has 126 valence electrons. The van der Waals surface area contributed by atoms with Crippen LogP contribution in [0.5, 0.6) is 5.75 Å². The number of phenols is 1. The molecule has 0 spiro atoms. The number of likely N-dealkylation sites (tertiary alicyclic amines) is 1. The minimum Gasteiger partial charge on any atom is -0.508 e. The van der Waals surface area contributed by atoms with Crippen LogP contribution in [0.1, 0.15) is 30.9 Å². The molecule has 0 saturated carbocycles. The van der Waals surface area contributed by atoms with E-state index in [-0.39, 0.29) is 29.7 Å². The minimum atomic E-state index is -0.316. The lowest BCUT2D eigenvalue weighted by Crippen LogP contribution is -2.56. The first-order valence-corrected chi connectivity index (χ1v) is 8.68. The molecule has 2 saturated heterocycles. The van der Waals surface area contributed by atoms with Crippen molar-refractivity contribution in [1.29, 1.82) is 0 Å². The van der Waals surface area contributed by atoms with Crippen LogP contribution in [0.3, 0.4) is 0 Å². The Balaban J connectivity index is 1.63. The average molecular weight is 358 g/mol. The van der Waals surface area contributed by atoms with E-state index >= 15 is 0 Å². The third-order valence-corrected chi connectivity index (χ3v) is 5.63. The van der Waals surface area contributed by atoms with Gasteiger partial charge in [0.05, 0.1) is 16.1 Å². The number of halogens is 2. The van der Waals surface area contributed by atoms with Gasteiger partial charge in [0.1, 0.15) is 5.75 Å². The molecule has 3 rings (SSSR count). The van der Waals surface area contributed by atoms with Crippen LogP contribution in [0.25, 0.3) is 0 Å². The van der Waals surface area contributed by atoms with Crippen LogP contribution < -0.4 is 11.1 Å². The first-order valence-electron chi connectivity index (χ1n) is 7.93. The quantitative estimate of drug-likeness (QED) is 0.775. The number of benzene rings is 1. The Labute approximate surface area is 145 Å². The van der Waals surface area contributed by atoms with Gasteiger partial charge < -0.3 is 21.1 Å². The molecule has 23 heavy (non-hydrogen) atoms. The molecule has 7 heteroatoms. The number of piperidine rings is 1. The molecule has 2 aliphatic heterocycles. The van der Waals surface area contributed by atoms with Crippen molar-refractivity contribution in [3.63, 3.8) is 0 Å². The van der Waals surface area contributed by atoms with Crippen LogP contribution in [0.15, 0.2) is 12.1 Å². The van der Waals surface area contributed by atoms with Gasteiger partial charge in [0.25, 0.3) is 0 Å². The number of hydrogen-bond donors (Lipinski definition) is 3. The van der Waals surface area contributed by atoms with Gasteiger partial charge in [-0.25, -0.2) is 0 Å². The van der Waals surface area contributed by atoms with E-state index in [1.54, 1.807) is 6.07 Å². The van der Waals surface area contributed by atoms with E-state index in [9.17, 15) is 9.90 Å². The molecule has 0 radical (unpaired) electrons. The third kappa shape index (κ3) is 3.43. The van der Waals surface area contributed by atoms with Gasteiger partial charge >= 0.3 is 0 Å². The molecule has 0 unspecified atom stereocenters. The van der Waals surface area contributed by atoms with Crippen molar-refractivity contribution in [2.24, 2.45) is 11.7 Å². The first-order chi connectivity index (χ1) is 11.0. The Kier molecular flexibility index (Phi) is 5.01. The molecule has 0 aromatic heterocycles. The second-order valence-corrected chi connectivity index (χ2v) is 7.12. The highest BCUT2D eigenvalue weighted by atomic mass is 35.5. The summed E-state index contributed by atoms with van der Waals surface area (Å²) in [4.78, 5) is 14.1. The number of carbonyl (C=O) groups excluding carboxylic acids is 1. The molecule has 1 amide bonds. The normalized spacial score (nSPS) is 23.4. The lowest BCUT2D eigenvalue weighted by molar-refractivity contribution is -0.136. The van der Waals surface area contributed by atoms with Gasteiger partial charge in [-0.15, -0.1) is 0 Å². The molecule has 0 aliphatic carbocycles. The Hall–Kier alpha value is -1.01. The van der Waals surface area contributed by atoms with E-state index < -0.39 is 0 Å². The largest absolute Gasteiger partial charge is 0.508 e. The van der Waals surface area contributed by atoms with Crippen LogP contribution >= 0.6 is 23.2 Å². The van der Waals surface area contributed by atoms with Gasteiger partial charge in [-0.05, 0) is 37.8 Å². The fraction of sp³-hybridized carbons (Fsp3) is 0.562. The minimum absolute atomic E-state index is 0.000611. The summed E-state index contributed by atoms with van der Waals surface area (Å²) in [6.45, 7) is 2.34. The molecule has 2 fully saturated rings. The van der Waals surface area contributed by atoms with Crippen molar-refractivity contribution in [3.05, 3.63) is 27.7 Å². The SMILES string of the molecule is N[C@@H](c1cc(Cl)c(Cl)cc1O)C1CCN(C(=O)[C@@H]2CCN2)CC1. The zero-order chi connectivity index (χ0) is 16.6. The van der Waals surface area contributed by atoms with E-state index in [1.165, 1.54) is 6.07 Å². The summed E-state index contributed by atoms with van der Waals surface area (Å²) in [5.41, 5.74) is 6.95. The van der Waals surface area contributed by atoms with Gasteiger partial charge in [-0.2, -0.15) is 0 Å². The van der Waals surface area contributed by atoms with Crippen molar-refractivity contribution < 1.29 is 9.90 Å². The smallest absolute Gasteiger partial charge is 0.239 e. The lowest BCUT2D eigenvalue weighted by atomic mass is 9.85. The lowest BCUT2D eigenvalue weighted by Gasteiger charge is -2.38. The monoisotopic (exact) mass is 357 g/mol. The number of nitrogens with two attached hydrogens (primary N) is 1. The highest BCUT2D eigenvalue weighted by molar-refractivity contribution is 6.42. The maximum atomic E-state index is 12.2. The molecule has 4 N–H and O–H groups in total. The van der Waals surface area contributed by atoms with Crippen LogP contribution in [-0.4, -0.2) is 41.6 Å². The van der Waals surface area contributed by atoms with Gasteiger partial charge in [-0.1, -0.05) is 23.2 Å². The standard InChI is InChI=1S/C16H21Cl2N3O2/c17-11-7-10(14(22)8-12(11)18)15(19)9-2-5-21(6-3-9)16(23)13-1-4-20-13/h7-9,13,15,20,22H,1-6,19H2/t13-,15+/m0/s1. The van der Waals surface area contributed by atoms with Crippen LogP contribution in [0.2, 0.25) is 10.0 Å². The molecule has 1 aromatic rings. The summed E-state index contributed by atoms with van der Waals surface area (Å²) in [6.07, 6.45) is 2.56. The van der Waals surface area contributed by atoms with Crippen LogP contribution in [0, 0.1) is 5.92 Å². The summed E-state index contributed by atoms with van der Waals surface area (Å²) < 4.78 is 0. The fourth-order valence-electron chi connectivity index (χ4n) is 3.27. The van der Waals surface area contributed by atoms with E-state index in [2.05, 4.69) is 5.32 Å². The van der Waals surface area contributed by atoms with E-state index in [1.807, 2.05) is 4.90 Å². The molecular formula is C16H21Cl2N3O2. The number of phenolic OH excluding ortho intramolecular Hbond substituents is 1. The van der Waals surface area contributed by atoms with Crippen molar-refractivity contribution in [1.82, 2.24) is 10.2 Å². The maximum Gasteiger partial charge on any atom is 0.239 e. The van der Waals surface area contributed by atoms with Crippen molar-refractivity contribution in [2.75, 3.05) is 19.6 Å². The second kappa shape index (κ2) is 6.85. The maximum absolute atomic E-state index is 12.2. The molecule has 2 atom stereocenters. The number of carbonyl (C=O) groups is 1. The highest BCUT2D eigenvalue weighted by Crippen LogP contribution is 2.37. The number of rotatable bonds is 3. The van der Waals surface area contributed by atoms with Gasteiger partial charge in [0.15, 0.2) is 0 Å². The Morgan fingerprint density at radius 2 is 1.87 bits per heavy atom. The zero-order valence-electron chi connectivity index (χ0n) is 12.8. The summed E-state index contributed by atoms with van der Waals surface area (Å²) in [6, 6.07) is 2.75. The van der Waals surface area contributed by atoms with E-state index in [4.69, 9.17) is 28.9 Å². The Bertz CT molecular complexity index is 599. The second-order valence-electron chi connectivity index (χ2n) is 6.31. The topological polar surface area (TPSA) is 78.6 Å². The van der Waals surface area contributed by atoms with E-state index in [0.29, 0.717) is 28.7 Å². The Morgan fingerprint density at radius 3 is 2.43 bits per heavy atom. The number of aromatic hydroxyl groups is 1. The zero-order valence-corrected chi connectivity index (χ0v) is 14.3. The first kappa shape index (κ1) is 16.8. The van der Waals surface area contributed by atoms with Crippen molar-refractivity contribution >= 4 is 29.1 Å². The Morgan fingerprint density at radius 1 is 1.26 bits per heavy atom. The third-order valence-electron chi connectivity index (χ3n) is 4.91. The number of nitrogens with one attached hydrogen (secondary N) is 1. The molecule has 5 nitrogen and oxygen atoms in total. The predicted molar refractivity (Wildman–Crippen MR) is 90.8 cm³/mol. The fourth-order valence-corrected chi connectivity index (χ4v) is 3.60. The number of hydrogen-bond acceptors (Lipinski definition) is 4. The molecule has 0 bridgehead atoms. The summed E-state index contributed by atoms with van der Waals surface area (Å²) in [7, 11) is 0. The van der Waals surface area contributed by atoms with Crippen molar-refractivity contribution in [2.45, 2.75) is 31.3 Å². The average Bonchev–Trinajstić information content (AvgIpc) is 2.48. The predicted octanol–water partition coefficient (Wildman–Crippen LogP) is 2.30. The summed E-state index contributed by atoms with van der Waals surface area (Å²) >= 11 is 11.9. The van der Waals surface area contributed by atoms with Gasteiger partial charge in [0, 0.05) is 30.8 Å². The highest BCUT2D eigenvalue weighted by Gasteiger charge is 2.33.